The third kappa shape index (κ3) is 4.64. The Hall–Kier alpha value is -2.78. The molecule has 1 N–H and O–H groups in total. The first kappa shape index (κ1) is 26.8. The first-order valence-corrected chi connectivity index (χ1v) is 13.7. The van der Waals surface area contributed by atoms with Crippen molar-refractivity contribution in [2.45, 2.75) is 82.0 Å². The van der Waals surface area contributed by atoms with Crippen LogP contribution in [0.25, 0.3) is 0 Å². The van der Waals surface area contributed by atoms with E-state index in [0.717, 1.165) is 55.6 Å². The minimum absolute atomic E-state index is 0.106. The fourth-order valence-corrected chi connectivity index (χ4v) is 6.70. The quantitative estimate of drug-likeness (QED) is 0.482. The maximum atomic E-state index is 13.7. The Kier molecular flexibility index (Phi) is 7.35. The molecule has 38 heavy (non-hydrogen) atoms. The molecule has 1 aromatic carbocycles. The van der Waals surface area contributed by atoms with Crippen LogP contribution in [0.15, 0.2) is 24.0 Å². The molecule has 3 aliphatic heterocycles. The van der Waals surface area contributed by atoms with Crippen LogP contribution in [-0.4, -0.2) is 73.3 Å². The van der Waals surface area contributed by atoms with Gasteiger partial charge >= 0.3 is 11.9 Å². The monoisotopic (exact) mass is 529 g/mol. The van der Waals surface area contributed by atoms with E-state index in [1.54, 1.807) is 7.11 Å². The minimum atomic E-state index is -1.99. The number of nitrogens with zero attached hydrogens (tertiary/aromatic N) is 1. The van der Waals surface area contributed by atoms with Crippen molar-refractivity contribution >= 4 is 11.9 Å². The number of benzene rings is 1. The van der Waals surface area contributed by atoms with E-state index in [1.807, 2.05) is 12.1 Å². The van der Waals surface area contributed by atoms with E-state index in [4.69, 9.17) is 23.7 Å². The van der Waals surface area contributed by atoms with Crippen molar-refractivity contribution in [3.63, 3.8) is 0 Å². The zero-order valence-electron chi connectivity index (χ0n) is 22.8. The summed E-state index contributed by atoms with van der Waals surface area (Å²) in [7, 11) is 2.83. The van der Waals surface area contributed by atoms with Gasteiger partial charge in [-0.2, -0.15) is 0 Å². The molecule has 9 heteroatoms. The van der Waals surface area contributed by atoms with E-state index < -0.39 is 30.1 Å². The molecule has 4 aliphatic rings. The topological polar surface area (TPSA) is 104 Å². The largest absolute Gasteiger partial charge is 0.497 e. The Morgan fingerprint density at radius 2 is 1.97 bits per heavy atom. The number of fused-ring (bicyclic) bond motifs is 3. The average molecular weight is 530 g/mol. The molecule has 1 fully saturated rings. The second kappa shape index (κ2) is 10.4. The highest BCUT2D eigenvalue weighted by Crippen LogP contribution is 2.55. The van der Waals surface area contributed by atoms with Crippen LogP contribution in [-0.2, 0) is 30.2 Å². The smallest absolute Gasteiger partial charge is 0.339 e. The summed E-state index contributed by atoms with van der Waals surface area (Å²) < 4.78 is 28.2. The molecule has 0 unspecified atom stereocenters. The Bertz CT molecular complexity index is 1120. The van der Waals surface area contributed by atoms with Gasteiger partial charge < -0.3 is 28.8 Å². The lowest BCUT2D eigenvalue weighted by Gasteiger charge is -2.39. The number of hydrogen-bond acceptors (Lipinski definition) is 9. The highest BCUT2D eigenvalue weighted by atomic mass is 16.7. The van der Waals surface area contributed by atoms with Crippen molar-refractivity contribution in [2.24, 2.45) is 5.92 Å². The Morgan fingerprint density at radius 3 is 2.68 bits per heavy atom. The number of aliphatic hydroxyl groups is 1. The Labute approximate surface area is 224 Å². The molecular weight excluding hydrogens is 490 g/mol. The number of carbonyl (C=O) groups excluding carboxylic acids is 2. The molecule has 1 aliphatic carbocycles. The van der Waals surface area contributed by atoms with E-state index in [0.29, 0.717) is 23.8 Å². The molecule has 0 saturated carbocycles. The Morgan fingerprint density at radius 1 is 1.21 bits per heavy atom. The zero-order chi connectivity index (χ0) is 27.1. The first-order valence-electron chi connectivity index (χ1n) is 13.7. The lowest BCUT2D eigenvalue weighted by Crippen LogP contribution is -2.49. The van der Waals surface area contributed by atoms with Crippen LogP contribution in [0.2, 0.25) is 0 Å². The van der Waals surface area contributed by atoms with Gasteiger partial charge in [-0.1, -0.05) is 20.3 Å². The summed E-state index contributed by atoms with van der Waals surface area (Å²) >= 11 is 0. The molecule has 0 amide bonds. The van der Waals surface area contributed by atoms with Crippen LogP contribution < -0.4 is 9.47 Å². The van der Waals surface area contributed by atoms with Gasteiger partial charge in [-0.25, -0.2) is 4.79 Å². The summed E-state index contributed by atoms with van der Waals surface area (Å²) in [6.07, 6.45) is 5.13. The minimum Gasteiger partial charge on any atom is -0.497 e. The highest BCUT2D eigenvalue weighted by molar-refractivity contribution is 5.86. The van der Waals surface area contributed by atoms with Crippen LogP contribution >= 0.6 is 0 Å². The van der Waals surface area contributed by atoms with Gasteiger partial charge in [-0.05, 0) is 73.9 Å². The van der Waals surface area contributed by atoms with Crippen LogP contribution in [0.4, 0.5) is 0 Å². The van der Waals surface area contributed by atoms with Gasteiger partial charge in [0.05, 0.1) is 32.1 Å². The summed E-state index contributed by atoms with van der Waals surface area (Å²) in [6.45, 7) is 6.13. The second-order valence-corrected chi connectivity index (χ2v) is 11.4. The predicted molar refractivity (Wildman–Crippen MR) is 138 cm³/mol. The van der Waals surface area contributed by atoms with Crippen molar-refractivity contribution in [2.75, 3.05) is 34.1 Å². The third-order valence-electron chi connectivity index (χ3n) is 8.61. The fraction of sp³-hybridized carbons (Fsp3) is 0.655. The van der Waals surface area contributed by atoms with Crippen LogP contribution in [0.5, 0.6) is 11.5 Å². The molecular formula is C29H39NO8. The van der Waals surface area contributed by atoms with Gasteiger partial charge in [0.2, 0.25) is 6.79 Å². The molecule has 5 rings (SSSR count). The van der Waals surface area contributed by atoms with Gasteiger partial charge in [0.15, 0.2) is 23.2 Å². The summed E-state index contributed by atoms with van der Waals surface area (Å²) in [5, 5.41) is 11.5. The normalized spacial score (nSPS) is 27.1. The SMILES string of the molecule is COC(=O)C[C@](O)(CCCC(C)C)C(=O)O[C@@H]1C(OC)=C[C@]23CCCN2CCc2cc4c(cc2[C@H]13)OCO4. The summed E-state index contributed by atoms with van der Waals surface area (Å²) in [5.41, 5.74) is -0.209. The second-order valence-electron chi connectivity index (χ2n) is 11.4. The number of carbonyl (C=O) groups is 2. The zero-order valence-corrected chi connectivity index (χ0v) is 22.8. The molecule has 3 heterocycles. The molecule has 1 aromatic rings. The fourth-order valence-electron chi connectivity index (χ4n) is 6.70. The van der Waals surface area contributed by atoms with E-state index in [-0.39, 0.29) is 24.7 Å². The molecule has 4 atom stereocenters. The average Bonchev–Trinajstić information content (AvgIpc) is 3.57. The van der Waals surface area contributed by atoms with Gasteiger partial charge in [0.1, 0.15) is 5.76 Å². The summed E-state index contributed by atoms with van der Waals surface area (Å²) in [4.78, 5) is 28.4. The van der Waals surface area contributed by atoms with E-state index >= 15 is 0 Å². The number of rotatable bonds is 9. The number of hydrogen-bond donors (Lipinski definition) is 1. The molecule has 1 spiro atoms. The third-order valence-corrected chi connectivity index (χ3v) is 8.61. The molecule has 0 aromatic heterocycles. The van der Waals surface area contributed by atoms with Gasteiger partial charge in [0.25, 0.3) is 0 Å². The van der Waals surface area contributed by atoms with Crippen LogP contribution in [0.1, 0.15) is 69.4 Å². The van der Waals surface area contributed by atoms with Crippen molar-refractivity contribution in [1.29, 1.82) is 0 Å². The van der Waals surface area contributed by atoms with Gasteiger partial charge in [-0.3, -0.25) is 9.69 Å². The number of methoxy groups -OCH3 is 2. The lowest BCUT2D eigenvalue weighted by atomic mass is 9.77. The maximum absolute atomic E-state index is 13.7. The van der Waals surface area contributed by atoms with Crippen LogP contribution in [0.3, 0.4) is 0 Å². The first-order chi connectivity index (χ1) is 18.2. The maximum Gasteiger partial charge on any atom is 0.339 e. The lowest BCUT2D eigenvalue weighted by molar-refractivity contribution is -0.178. The van der Waals surface area contributed by atoms with E-state index in [9.17, 15) is 14.7 Å². The van der Waals surface area contributed by atoms with Crippen molar-refractivity contribution < 1.29 is 38.4 Å². The standard InChI is InChI=1S/C29H39NO8/c1-18(2)7-5-10-29(33,16-24(31)35-4)27(32)38-26-23(34-3)15-28-9-6-11-30(28)12-8-19-13-21-22(37-17-36-21)14-20(19)25(26)28/h13-15,18,25-26,33H,5-12,16-17H2,1-4H3/t25-,26-,28+,29-/m1/s1. The predicted octanol–water partition coefficient (Wildman–Crippen LogP) is 3.47. The van der Waals surface area contributed by atoms with E-state index in [1.165, 1.54) is 7.11 Å². The van der Waals surface area contributed by atoms with Crippen LogP contribution in [0, 0.1) is 5.92 Å². The molecule has 0 radical (unpaired) electrons. The highest BCUT2D eigenvalue weighted by Gasteiger charge is 2.59. The number of esters is 2. The molecule has 9 nitrogen and oxygen atoms in total. The molecule has 0 bridgehead atoms. The van der Waals surface area contributed by atoms with E-state index in [2.05, 4.69) is 24.8 Å². The summed E-state index contributed by atoms with van der Waals surface area (Å²) in [5.74, 6) is 0.620. The van der Waals surface area contributed by atoms with Crippen molar-refractivity contribution in [3.8, 4) is 11.5 Å². The summed E-state index contributed by atoms with van der Waals surface area (Å²) in [6, 6.07) is 4.05. The molecule has 208 valence electrons. The molecule has 1 saturated heterocycles. The number of ether oxygens (including phenoxy) is 5. The van der Waals surface area contributed by atoms with Crippen molar-refractivity contribution in [1.82, 2.24) is 4.90 Å². The van der Waals surface area contributed by atoms with Crippen molar-refractivity contribution in [3.05, 3.63) is 35.1 Å². The Balaban J connectivity index is 1.51. The van der Waals surface area contributed by atoms with Gasteiger partial charge in [0, 0.05) is 6.54 Å². The van der Waals surface area contributed by atoms with Gasteiger partial charge in [-0.15, -0.1) is 0 Å².